The second-order valence-corrected chi connectivity index (χ2v) is 13.7. The summed E-state index contributed by atoms with van der Waals surface area (Å²) in [5.41, 5.74) is -1.32. The summed E-state index contributed by atoms with van der Waals surface area (Å²) in [6.45, 7) is -1.13. The number of carbonyl (C=O) groups excluding carboxylic acids is 4. The smallest absolute Gasteiger partial charge is 0.407 e. The highest BCUT2D eigenvalue weighted by molar-refractivity contribution is 5.69. The minimum absolute atomic E-state index is 0.0354. The van der Waals surface area contributed by atoms with Gasteiger partial charge in [0.1, 0.15) is 31.8 Å². The average Bonchev–Trinajstić information content (AvgIpc) is 3.06. The molecule has 0 unspecified atom stereocenters. The van der Waals surface area contributed by atoms with Gasteiger partial charge in [0.25, 0.3) is 0 Å². The van der Waals surface area contributed by atoms with Gasteiger partial charge in [-0.15, -0.1) is 0 Å². The maximum absolute atomic E-state index is 12.9. The van der Waals surface area contributed by atoms with Crippen LogP contribution in [0.25, 0.3) is 0 Å². The van der Waals surface area contributed by atoms with Crippen molar-refractivity contribution in [3.63, 3.8) is 0 Å². The van der Waals surface area contributed by atoms with Gasteiger partial charge in [0.2, 0.25) is 0 Å². The summed E-state index contributed by atoms with van der Waals surface area (Å²) < 4.78 is 22.7. The van der Waals surface area contributed by atoms with E-state index in [1.165, 1.54) is 0 Å². The van der Waals surface area contributed by atoms with Crippen LogP contribution in [-0.4, -0.2) is 75.0 Å². The van der Waals surface area contributed by atoms with Crippen LogP contribution < -0.4 is 21.3 Å². The summed E-state index contributed by atoms with van der Waals surface area (Å²) in [6, 6.07) is 0.142. The summed E-state index contributed by atoms with van der Waals surface area (Å²) in [5, 5.41) is 11.7. The van der Waals surface area contributed by atoms with Crippen molar-refractivity contribution in [1.82, 2.24) is 21.3 Å². The van der Waals surface area contributed by atoms with Gasteiger partial charge in [-0.2, -0.15) is 0 Å². The van der Waals surface area contributed by atoms with Gasteiger partial charge in [0.15, 0.2) is 0 Å². The molecule has 0 aromatic rings. The molecule has 45 heavy (non-hydrogen) atoms. The van der Waals surface area contributed by atoms with Crippen LogP contribution in [0, 0.1) is 5.41 Å². The number of hydrogen-bond acceptors (Lipinski definition) is 8. The predicted molar refractivity (Wildman–Crippen MR) is 168 cm³/mol. The van der Waals surface area contributed by atoms with E-state index >= 15 is 0 Å². The Labute approximate surface area is 268 Å². The molecule has 4 aliphatic carbocycles. The second kappa shape index (κ2) is 18.9. The largest absolute Gasteiger partial charge is 0.449 e. The third-order valence-electron chi connectivity index (χ3n) is 9.75. The van der Waals surface area contributed by atoms with E-state index in [2.05, 4.69) is 21.3 Å². The highest BCUT2D eigenvalue weighted by Gasteiger charge is 2.39. The molecule has 4 saturated carbocycles. The van der Waals surface area contributed by atoms with Crippen molar-refractivity contribution in [2.45, 2.75) is 153 Å². The molecule has 0 saturated heterocycles. The van der Waals surface area contributed by atoms with Crippen molar-refractivity contribution < 1.29 is 38.1 Å². The first kappa shape index (κ1) is 34.9. The van der Waals surface area contributed by atoms with Gasteiger partial charge in [0, 0.05) is 24.2 Å². The summed E-state index contributed by atoms with van der Waals surface area (Å²) >= 11 is 0. The Balaban J connectivity index is 1.41. The number of rotatable bonds is 12. The number of nitrogens with one attached hydrogen (secondary N) is 4. The van der Waals surface area contributed by atoms with E-state index in [1.807, 2.05) is 0 Å². The molecule has 0 heterocycles. The topological polar surface area (TPSA) is 153 Å². The summed E-state index contributed by atoms with van der Waals surface area (Å²) in [7, 11) is 0. The molecule has 0 spiro atoms. The first-order valence-corrected chi connectivity index (χ1v) is 17.6. The second-order valence-electron chi connectivity index (χ2n) is 13.7. The van der Waals surface area contributed by atoms with Gasteiger partial charge >= 0.3 is 24.4 Å². The number of amides is 4. The highest BCUT2D eigenvalue weighted by atomic mass is 16.6. The zero-order valence-electron chi connectivity index (χ0n) is 27.0. The van der Waals surface area contributed by atoms with E-state index in [9.17, 15) is 19.2 Å². The maximum atomic E-state index is 12.9. The fraction of sp³-hybridized carbons (Fsp3) is 0.879. The third-order valence-corrected chi connectivity index (χ3v) is 9.75. The molecule has 12 nitrogen and oxygen atoms in total. The molecule has 0 atom stereocenters. The number of carbonyl (C=O) groups is 4. The zero-order valence-corrected chi connectivity index (χ0v) is 27.0. The van der Waals surface area contributed by atoms with Crippen LogP contribution in [0.2, 0.25) is 0 Å². The summed E-state index contributed by atoms with van der Waals surface area (Å²) in [4.78, 5) is 51.5. The van der Waals surface area contributed by atoms with Gasteiger partial charge in [-0.05, 0) is 51.4 Å². The molecular formula is C33H56N4O8. The van der Waals surface area contributed by atoms with E-state index in [0.29, 0.717) is 0 Å². The summed E-state index contributed by atoms with van der Waals surface area (Å²) in [5.74, 6) is 0. The van der Waals surface area contributed by atoms with Gasteiger partial charge in [-0.3, -0.25) is 0 Å². The van der Waals surface area contributed by atoms with Crippen LogP contribution in [0.15, 0.2) is 0 Å². The fourth-order valence-electron chi connectivity index (χ4n) is 6.95. The molecular weight excluding hydrogens is 580 g/mol. The quantitative estimate of drug-likeness (QED) is 0.185. The molecule has 4 fully saturated rings. The third kappa shape index (κ3) is 13.1. The first-order chi connectivity index (χ1) is 21.9. The summed E-state index contributed by atoms with van der Waals surface area (Å²) in [6.07, 6.45) is 17.7. The Morgan fingerprint density at radius 2 is 0.578 bits per heavy atom. The van der Waals surface area contributed by atoms with Gasteiger partial charge in [-0.1, -0.05) is 77.0 Å². The molecule has 0 aliphatic heterocycles. The minimum Gasteiger partial charge on any atom is -0.449 e. The fourth-order valence-corrected chi connectivity index (χ4v) is 6.95. The van der Waals surface area contributed by atoms with E-state index in [4.69, 9.17) is 18.9 Å². The highest BCUT2D eigenvalue weighted by Crippen LogP contribution is 2.24. The molecule has 0 aromatic carbocycles. The molecule has 0 bridgehead atoms. The van der Waals surface area contributed by atoms with Gasteiger partial charge in [-0.25, -0.2) is 19.2 Å². The Kier molecular flexibility index (Phi) is 14.7. The van der Waals surface area contributed by atoms with Crippen molar-refractivity contribution in [1.29, 1.82) is 0 Å². The minimum atomic E-state index is -1.32. The number of ether oxygens (including phenoxy) is 4. The van der Waals surface area contributed by atoms with E-state index in [1.54, 1.807) is 0 Å². The molecule has 0 aromatic heterocycles. The lowest BCUT2D eigenvalue weighted by Crippen LogP contribution is -2.49. The van der Waals surface area contributed by atoms with Crippen LogP contribution in [0.5, 0.6) is 0 Å². The van der Waals surface area contributed by atoms with Crippen LogP contribution in [0.3, 0.4) is 0 Å². The SMILES string of the molecule is O=C(NC1CCCCC1)OCC(COC(=O)NC1CCCCC1)(COC(=O)NC1CCCCC1)COC(=O)NC1CCCCC1. The normalized spacial score (nSPS) is 20.8. The first-order valence-electron chi connectivity index (χ1n) is 17.6. The van der Waals surface area contributed by atoms with Crippen LogP contribution in [0.4, 0.5) is 19.2 Å². The maximum Gasteiger partial charge on any atom is 0.407 e. The Morgan fingerprint density at radius 1 is 0.378 bits per heavy atom. The molecule has 12 heteroatoms. The molecule has 4 aliphatic rings. The van der Waals surface area contributed by atoms with Crippen molar-refractivity contribution in [2.75, 3.05) is 26.4 Å². The Hall–Kier alpha value is -2.92. The van der Waals surface area contributed by atoms with Gasteiger partial charge in [0.05, 0.1) is 0 Å². The molecule has 4 amide bonds. The standard InChI is InChI=1S/C33H56N4O8/c38-29(34-25-13-5-1-6-14-25)42-21-33(22-43-30(39)35-26-15-7-2-8-16-26,23-44-31(40)36-27-17-9-3-10-18-27)24-45-32(41)37-28-19-11-4-12-20-28/h25-28H,1-24H2,(H,34,38)(H,35,39)(H,36,40)(H,37,41). The van der Waals surface area contributed by atoms with Crippen molar-refractivity contribution in [3.8, 4) is 0 Å². The lowest BCUT2D eigenvalue weighted by atomic mass is 9.92. The average molecular weight is 637 g/mol. The van der Waals surface area contributed by atoms with Crippen molar-refractivity contribution in [2.24, 2.45) is 5.41 Å². The van der Waals surface area contributed by atoms with Crippen LogP contribution in [0.1, 0.15) is 128 Å². The molecule has 256 valence electrons. The lowest BCUT2D eigenvalue weighted by molar-refractivity contribution is -0.0501. The molecule has 4 rings (SSSR count). The van der Waals surface area contributed by atoms with Crippen molar-refractivity contribution >= 4 is 24.4 Å². The monoisotopic (exact) mass is 636 g/mol. The predicted octanol–water partition coefficient (Wildman–Crippen LogP) is 6.21. The van der Waals surface area contributed by atoms with Crippen LogP contribution >= 0.6 is 0 Å². The Morgan fingerprint density at radius 3 is 0.778 bits per heavy atom. The molecule has 0 radical (unpaired) electrons. The van der Waals surface area contributed by atoms with E-state index in [-0.39, 0.29) is 50.6 Å². The Bertz CT molecular complexity index is 776. The number of alkyl carbamates (subject to hydrolysis) is 4. The van der Waals surface area contributed by atoms with Crippen LogP contribution in [-0.2, 0) is 18.9 Å². The number of hydrogen-bond donors (Lipinski definition) is 4. The van der Waals surface area contributed by atoms with Crippen molar-refractivity contribution in [3.05, 3.63) is 0 Å². The van der Waals surface area contributed by atoms with E-state index < -0.39 is 29.8 Å². The molecule has 4 N–H and O–H groups in total. The van der Waals surface area contributed by atoms with E-state index in [0.717, 1.165) is 128 Å². The van der Waals surface area contributed by atoms with Gasteiger partial charge < -0.3 is 40.2 Å². The lowest BCUT2D eigenvalue weighted by Gasteiger charge is -2.33. The zero-order chi connectivity index (χ0) is 31.7.